The van der Waals surface area contributed by atoms with Gasteiger partial charge in [-0.15, -0.1) is 0 Å². The van der Waals surface area contributed by atoms with Crippen LogP contribution in [0.3, 0.4) is 0 Å². The molecule has 3 N–H and O–H groups in total. The zero-order valence-corrected chi connectivity index (χ0v) is 16.6. The molecule has 3 aromatic rings. The fraction of sp³-hybridized carbons (Fsp3) is 0.100. The van der Waals surface area contributed by atoms with E-state index in [1.165, 1.54) is 13.3 Å². The topological polar surface area (TPSA) is 114 Å². The molecule has 0 bridgehead atoms. The number of rotatable bonds is 8. The lowest BCUT2D eigenvalue weighted by molar-refractivity contribution is -0.122. The predicted molar refractivity (Wildman–Crippen MR) is 112 cm³/mol. The van der Waals surface area contributed by atoms with Crippen LogP contribution >= 0.6 is 11.6 Å². The van der Waals surface area contributed by atoms with Gasteiger partial charge in [-0.3, -0.25) is 20.4 Å². The Morgan fingerprint density at radius 1 is 1.07 bits per heavy atom. The molecule has 3 rings (SSSR count). The van der Waals surface area contributed by atoms with Crippen molar-refractivity contribution in [3.63, 3.8) is 0 Å². The van der Waals surface area contributed by atoms with Crippen LogP contribution in [0.5, 0.6) is 11.5 Å². The molecule has 154 valence electrons. The minimum atomic E-state index is -0.561. The third kappa shape index (κ3) is 5.58. The highest BCUT2D eigenvalue weighted by Gasteiger charge is 2.16. The Morgan fingerprint density at radius 3 is 2.57 bits per heavy atom. The molecule has 0 saturated heterocycles. The third-order valence-electron chi connectivity index (χ3n) is 3.74. The van der Waals surface area contributed by atoms with Crippen molar-refractivity contribution in [2.75, 3.05) is 24.5 Å². The molecule has 30 heavy (non-hydrogen) atoms. The molecule has 0 fully saturated rings. The van der Waals surface area contributed by atoms with Crippen molar-refractivity contribution < 1.29 is 19.1 Å². The Hall–Kier alpha value is -3.85. The Balaban J connectivity index is 1.60. The van der Waals surface area contributed by atoms with Gasteiger partial charge in [-0.2, -0.15) is 0 Å². The van der Waals surface area contributed by atoms with Crippen molar-refractivity contribution in [2.45, 2.75) is 0 Å². The number of hydrogen-bond donors (Lipinski definition) is 3. The van der Waals surface area contributed by atoms with Crippen molar-refractivity contribution >= 4 is 35.1 Å². The Morgan fingerprint density at radius 2 is 1.80 bits per heavy atom. The summed E-state index contributed by atoms with van der Waals surface area (Å²) < 4.78 is 10.5. The Bertz CT molecular complexity index is 1030. The summed E-state index contributed by atoms with van der Waals surface area (Å²) in [4.78, 5) is 32.5. The fourth-order valence-corrected chi connectivity index (χ4v) is 2.52. The van der Waals surface area contributed by atoms with E-state index >= 15 is 0 Å². The van der Waals surface area contributed by atoms with E-state index in [0.717, 1.165) is 0 Å². The average Bonchev–Trinajstić information content (AvgIpc) is 2.78. The molecule has 0 saturated carbocycles. The second kappa shape index (κ2) is 10.1. The van der Waals surface area contributed by atoms with Gasteiger partial charge in [0.05, 0.1) is 24.0 Å². The number of halogens is 1. The van der Waals surface area contributed by atoms with Gasteiger partial charge in [-0.1, -0.05) is 41.9 Å². The Labute approximate surface area is 177 Å². The van der Waals surface area contributed by atoms with Gasteiger partial charge < -0.3 is 14.8 Å². The van der Waals surface area contributed by atoms with Gasteiger partial charge in [0.1, 0.15) is 11.5 Å². The van der Waals surface area contributed by atoms with Crippen LogP contribution in [0.2, 0.25) is 5.02 Å². The molecular formula is C20H18ClN5O4. The fourth-order valence-electron chi connectivity index (χ4n) is 2.34. The highest BCUT2D eigenvalue weighted by Crippen LogP contribution is 2.24. The number of anilines is 2. The van der Waals surface area contributed by atoms with Crippen molar-refractivity contribution in [3.05, 3.63) is 71.5 Å². The normalized spacial score (nSPS) is 10.1. The van der Waals surface area contributed by atoms with Gasteiger partial charge in [-0.05, 0) is 24.3 Å². The molecule has 0 aliphatic carbocycles. The van der Waals surface area contributed by atoms with E-state index in [1.807, 2.05) is 6.07 Å². The second-order valence-corrected chi connectivity index (χ2v) is 6.23. The number of benzene rings is 2. The van der Waals surface area contributed by atoms with E-state index in [4.69, 9.17) is 21.1 Å². The van der Waals surface area contributed by atoms with Crippen LogP contribution in [0.15, 0.2) is 60.8 Å². The van der Waals surface area contributed by atoms with E-state index in [9.17, 15) is 9.59 Å². The van der Waals surface area contributed by atoms with E-state index in [1.54, 1.807) is 48.5 Å². The molecule has 10 heteroatoms. The standard InChI is InChI=1S/C20H18ClN5O4/c1-29-16-10-6-5-9-15(16)23-19(28)18-14(21)11-22-20(24-18)26-25-17(27)12-30-13-7-3-2-4-8-13/h2-11H,12H2,1H3,(H,23,28)(H,25,27)(H,22,24,26). The SMILES string of the molecule is COc1ccccc1NC(=O)c1nc(NNC(=O)COc2ccccc2)ncc1Cl. The predicted octanol–water partition coefficient (Wildman–Crippen LogP) is 2.91. The number of methoxy groups -OCH3 is 1. The average molecular weight is 428 g/mol. The molecule has 0 aliphatic heterocycles. The maximum Gasteiger partial charge on any atom is 0.276 e. The first-order chi connectivity index (χ1) is 14.6. The van der Waals surface area contributed by atoms with Gasteiger partial charge in [0, 0.05) is 0 Å². The number of para-hydroxylation sites is 3. The van der Waals surface area contributed by atoms with E-state index in [0.29, 0.717) is 17.2 Å². The van der Waals surface area contributed by atoms with Crippen LogP contribution in [0, 0.1) is 0 Å². The third-order valence-corrected chi connectivity index (χ3v) is 4.02. The summed E-state index contributed by atoms with van der Waals surface area (Å²) in [6.45, 7) is -0.217. The summed E-state index contributed by atoms with van der Waals surface area (Å²) in [5, 5.41) is 2.72. The number of nitrogens with one attached hydrogen (secondary N) is 3. The van der Waals surface area contributed by atoms with Crippen molar-refractivity contribution in [2.24, 2.45) is 0 Å². The molecular weight excluding hydrogens is 410 g/mol. The van der Waals surface area contributed by atoms with Crippen LogP contribution in [0.4, 0.5) is 11.6 Å². The zero-order chi connectivity index (χ0) is 21.3. The lowest BCUT2D eigenvalue weighted by Crippen LogP contribution is -2.34. The molecule has 1 heterocycles. The first kappa shape index (κ1) is 20.9. The smallest absolute Gasteiger partial charge is 0.276 e. The van der Waals surface area contributed by atoms with E-state index in [2.05, 4.69) is 26.1 Å². The minimum absolute atomic E-state index is 0.0161. The quantitative estimate of drug-likeness (QED) is 0.473. The van der Waals surface area contributed by atoms with E-state index < -0.39 is 11.8 Å². The van der Waals surface area contributed by atoms with Gasteiger partial charge in [-0.25, -0.2) is 9.97 Å². The molecule has 9 nitrogen and oxygen atoms in total. The van der Waals surface area contributed by atoms with Gasteiger partial charge in [0.25, 0.3) is 11.8 Å². The summed E-state index contributed by atoms with van der Waals surface area (Å²) in [5.41, 5.74) is 5.30. The summed E-state index contributed by atoms with van der Waals surface area (Å²) in [6.07, 6.45) is 1.25. The molecule has 0 radical (unpaired) electrons. The number of amides is 2. The number of ether oxygens (including phenoxy) is 2. The van der Waals surface area contributed by atoms with Crippen LogP contribution < -0.4 is 25.6 Å². The van der Waals surface area contributed by atoms with Gasteiger partial charge in [0.2, 0.25) is 5.95 Å². The largest absolute Gasteiger partial charge is 0.495 e. The van der Waals surface area contributed by atoms with Gasteiger partial charge >= 0.3 is 0 Å². The number of hydrogen-bond acceptors (Lipinski definition) is 7. The molecule has 0 spiro atoms. The summed E-state index contributed by atoms with van der Waals surface area (Å²) >= 11 is 6.06. The summed E-state index contributed by atoms with van der Waals surface area (Å²) in [7, 11) is 1.49. The Kier molecular flexibility index (Phi) is 7.01. The maximum absolute atomic E-state index is 12.6. The second-order valence-electron chi connectivity index (χ2n) is 5.82. The summed E-state index contributed by atoms with van der Waals surface area (Å²) in [5.74, 6) is 0.00880. The minimum Gasteiger partial charge on any atom is -0.495 e. The van der Waals surface area contributed by atoms with E-state index in [-0.39, 0.29) is 23.3 Å². The molecule has 0 unspecified atom stereocenters. The van der Waals surface area contributed by atoms with Crippen LogP contribution in [-0.2, 0) is 4.79 Å². The first-order valence-corrected chi connectivity index (χ1v) is 9.14. The number of nitrogens with zero attached hydrogens (tertiary/aromatic N) is 2. The number of carbonyl (C=O) groups is 2. The lowest BCUT2D eigenvalue weighted by Gasteiger charge is -2.11. The molecule has 0 atom stereocenters. The van der Waals surface area contributed by atoms with Crippen LogP contribution in [0.1, 0.15) is 10.5 Å². The van der Waals surface area contributed by atoms with Crippen molar-refractivity contribution in [3.8, 4) is 11.5 Å². The first-order valence-electron chi connectivity index (χ1n) is 8.76. The van der Waals surface area contributed by atoms with Crippen LogP contribution in [-0.4, -0.2) is 35.5 Å². The van der Waals surface area contributed by atoms with Crippen molar-refractivity contribution in [1.82, 2.24) is 15.4 Å². The lowest BCUT2D eigenvalue weighted by atomic mass is 10.2. The summed E-state index contributed by atoms with van der Waals surface area (Å²) in [6, 6.07) is 15.8. The zero-order valence-electron chi connectivity index (χ0n) is 15.9. The van der Waals surface area contributed by atoms with Crippen LogP contribution in [0.25, 0.3) is 0 Å². The molecule has 2 amide bonds. The highest BCUT2D eigenvalue weighted by molar-refractivity contribution is 6.34. The maximum atomic E-state index is 12.6. The molecule has 0 aliphatic rings. The molecule has 2 aromatic carbocycles. The number of hydrazine groups is 1. The number of carbonyl (C=O) groups excluding carboxylic acids is 2. The highest BCUT2D eigenvalue weighted by atomic mass is 35.5. The van der Waals surface area contributed by atoms with Gasteiger partial charge in [0.15, 0.2) is 12.3 Å². The molecule has 1 aromatic heterocycles. The monoisotopic (exact) mass is 427 g/mol. The van der Waals surface area contributed by atoms with Crippen molar-refractivity contribution in [1.29, 1.82) is 0 Å². The number of aromatic nitrogens is 2.